The van der Waals surface area contributed by atoms with Crippen LogP contribution in [-0.4, -0.2) is 78.1 Å². The summed E-state index contributed by atoms with van der Waals surface area (Å²) in [4.78, 5) is 34.2. The van der Waals surface area contributed by atoms with Crippen LogP contribution in [0.25, 0.3) is 11.0 Å². The third-order valence-electron chi connectivity index (χ3n) is 6.24. The average Bonchev–Trinajstić information content (AvgIpc) is 3.05. The van der Waals surface area contributed by atoms with Crippen molar-refractivity contribution >= 4 is 28.8 Å². The van der Waals surface area contributed by atoms with Crippen LogP contribution < -0.4 is 5.32 Å². The van der Waals surface area contributed by atoms with Gasteiger partial charge in [-0.15, -0.1) is 0 Å². The number of nitrogens with one attached hydrogen (secondary N) is 1. The van der Waals surface area contributed by atoms with E-state index >= 15 is 0 Å². The molecule has 0 aliphatic carbocycles. The zero-order valence-corrected chi connectivity index (χ0v) is 21.5. The molecule has 1 fully saturated rings. The van der Waals surface area contributed by atoms with Gasteiger partial charge in [0.15, 0.2) is 0 Å². The fourth-order valence-corrected chi connectivity index (χ4v) is 4.39. The van der Waals surface area contributed by atoms with E-state index in [1.54, 1.807) is 17.0 Å². The number of carbonyl (C=O) groups excluding carboxylic acids is 2. The van der Waals surface area contributed by atoms with Gasteiger partial charge in [0.1, 0.15) is 0 Å². The molecule has 1 aromatic heterocycles. The van der Waals surface area contributed by atoms with Gasteiger partial charge < -0.3 is 19.1 Å². The highest BCUT2D eigenvalue weighted by molar-refractivity contribution is 6.04. The Balaban J connectivity index is 1.68. The summed E-state index contributed by atoms with van der Waals surface area (Å²) in [5, 5.41) is 2.70. The van der Waals surface area contributed by atoms with Crippen molar-refractivity contribution < 1.29 is 27.5 Å². The number of likely N-dealkylation sites (N-methyl/N-ethyl adjacent to an activating group) is 1. The number of para-hydroxylation sites is 1. The summed E-state index contributed by atoms with van der Waals surface area (Å²) in [7, 11) is 3.82. The second-order valence-electron chi connectivity index (χ2n) is 9.46. The number of benzene rings is 2. The van der Waals surface area contributed by atoms with E-state index < -0.39 is 23.7 Å². The Kier molecular flexibility index (Phi) is 8.17. The van der Waals surface area contributed by atoms with Gasteiger partial charge in [-0.2, -0.15) is 13.2 Å². The van der Waals surface area contributed by atoms with Crippen molar-refractivity contribution in [2.45, 2.75) is 19.1 Å². The van der Waals surface area contributed by atoms with Gasteiger partial charge in [-0.05, 0) is 50.8 Å². The maximum Gasteiger partial charge on any atom is 0.416 e. The molecular formula is C27H30F3N5O3. The summed E-state index contributed by atoms with van der Waals surface area (Å²) in [5.74, 6) is -0.708. The molecule has 0 spiro atoms. The Morgan fingerprint density at radius 3 is 2.71 bits per heavy atom. The van der Waals surface area contributed by atoms with Gasteiger partial charge in [-0.3, -0.25) is 14.9 Å². The molecule has 1 aliphatic rings. The molecule has 11 heteroatoms. The molecule has 1 N–H and O–H groups in total. The van der Waals surface area contributed by atoms with Gasteiger partial charge in [0.2, 0.25) is 11.9 Å². The van der Waals surface area contributed by atoms with E-state index in [2.05, 4.69) is 10.3 Å². The Hall–Kier alpha value is -3.70. The lowest BCUT2D eigenvalue weighted by atomic mass is 10.1. The summed E-state index contributed by atoms with van der Waals surface area (Å²) in [6.07, 6.45) is -1.24. The molecule has 2 heterocycles. The molecular weight excluding hydrogens is 499 g/mol. The van der Waals surface area contributed by atoms with Gasteiger partial charge >= 0.3 is 6.18 Å². The fourth-order valence-electron chi connectivity index (χ4n) is 4.39. The smallest absolute Gasteiger partial charge is 0.377 e. The van der Waals surface area contributed by atoms with Crippen LogP contribution in [-0.2, 0) is 15.7 Å². The fraction of sp³-hybridized carbons (Fsp3) is 0.370. The first-order valence-corrected chi connectivity index (χ1v) is 12.2. The Bertz CT molecular complexity index is 1350. The van der Waals surface area contributed by atoms with Gasteiger partial charge in [-0.25, -0.2) is 4.98 Å². The number of rotatable bonds is 6. The number of amides is 2. The minimum atomic E-state index is -4.57. The minimum absolute atomic E-state index is 0.143. The average molecular weight is 530 g/mol. The minimum Gasteiger partial charge on any atom is -0.377 e. The highest BCUT2D eigenvalue weighted by atomic mass is 19.4. The molecule has 3 aromatic rings. The zero-order valence-electron chi connectivity index (χ0n) is 21.5. The van der Waals surface area contributed by atoms with Gasteiger partial charge in [0.05, 0.1) is 35.9 Å². The Morgan fingerprint density at radius 1 is 1.21 bits per heavy atom. The molecule has 2 aromatic carbocycles. The molecule has 1 saturated heterocycles. The number of imidazole rings is 1. The number of aryl methyl sites for hydroxylation is 1. The van der Waals surface area contributed by atoms with Crippen LogP contribution >= 0.6 is 0 Å². The SMILES string of the molecule is Cc1cccc2nc(NC(=O)c3cccc(C(F)(F)F)c3)n([C@@H]3COCCN(C(=O)/C=C/CN(C)C)C3)c12. The number of carbonyl (C=O) groups is 2. The summed E-state index contributed by atoms with van der Waals surface area (Å²) in [6.45, 7) is 3.84. The topological polar surface area (TPSA) is 79.7 Å². The number of anilines is 1. The van der Waals surface area contributed by atoms with E-state index in [0.717, 1.165) is 23.2 Å². The van der Waals surface area contributed by atoms with E-state index in [1.165, 1.54) is 18.2 Å². The monoisotopic (exact) mass is 529 g/mol. The van der Waals surface area contributed by atoms with Gasteiger partial charge in [-0.1, -0.05) is 24.3 Å². The van der Waals surface area contributed by atoms with Crippen molar-refractivity contribution in [3.05, 3.63) is 71.3 Å². The molecule has 0 radical (unpaired) electrons. The molecule has 1 atom stereocenters. The lowest BCUT2D eigenvalue weighted by molar-refractivity contribution is -0.137. The van der Waals surface area contributed by atoms with Crippen molar-refractivity contribution in [1.82, 2.24) is 19.4 Å². The number of nitrogens with zero attached hydrogens (tertiary/aromatic N) is 4. The van der Waals surface area contributed by atoms with Crippen LogP contribution in [0, 0.1) is 6.92 Å². The summed E-state index contributed by atoms with van der Waals surface area (Å²) in [6, 6.07) is 9.37. The third kappa shape index (κ3) is 6.22. The van der Waals surface area contributed by atoms with Crippen molar-refractivity contribution in [3.63, 3.8) is 0 Å². The lowest BCUT2D eigenvalue weighted by Crippen LogP contribution is -2.36. The first-order chi connectivity index (χ1) is 18.0. The van der Waals surface area contributed by atoms with Crippen LogP contribution in [0.15, 0.2) is 54.6 Å². The second kappa shape index (κ2) is 11.4. The number of ether oxygens (including phenoxy) is 1. The molecule has 2 amide bonds. The normalized spacial score (nSPS) is 16.8. The number of halogens is 3. The maximum absolute atomic E-state index is 13.2. The molecule has 1 aliphatic heterocycles. The highest BCUT2D eigenvalue weighted by Gasteiger charge is 2.31. The number of hydrogen-bond acceptors (Lipinski definition) is 5. The Labute approximate surface area is 218 Å². The summed E-state index contributed by atoms with van der Waals surface area (Å²) >= 11 is 0. The molecule has 0 bridgehead atoms. The van der Waals surface area contributed by atoms with E-state index in [4.69, 9.17) is 4.74 Å². The van der Waals surface area contributed by atoms with E-state index in [1.807, 2.05) is 42.6 Å². The molecule has 0 saturated carbocycles. The summed E-state index contributed by atoms with van der Waals surface area (Å²) in [5.41, 5.74) is 1.19. The first kappa shape index (κ1) is 27.3. The quantitative estimate of drug-likeness (QED) is 0.486. The van der Waals surface area contributed by atoms with Crippen LogP contribution in [0.3, 0.4) is 0 Å². The van der Waals surface area contributed by atoms with Crippen molar-refractivity contribution in [1.29, 1.82) is 0 Å². The van der Waals surface area contributed by atoms with Crippen molar-refractivity contribution in [2.24, 2.45) is 0 Å². The predicted molar refractivity (Wildman–Crippen MR) is 138 cm³/mol. The van der Waals surface area contributed by atoms with E-state index in [-0.39, 0.29) is 24.0 Å². The van der Waals surface area contributed by atoms with Gasteiger partial charge in [0.25, 0.3) is 5.91 Å². The lowest BCUT2D eigenvalue weighted by Gasteiger charge is -2.25. The number of hydrogen-bond donors (Lipinski definition) is 1. The first-order valence-electron chi connectivity index (χ1n) is 12.2. The second-order valence-corrected chi connectivity index (χ2v) is 9.46. The molecule has 0 unspecified atom stereocenters. The zero-order chi connectivity index (χ0) is 27.4. The largest absolute Gasteiger partial charge is 0.416 e. The van der Waals surface area contributed by atoms with Crippen LogP contribution in [0.4, 0.5) is 19.1 Å². The Morgan fingerprint density at radius 2 is 1.97 bits per heavy atom. The van der Waals surface area contributed by atoms with Crippen LogP contribution in [0.1, 0.15) is 27.5 Å². The molecule has 38 heavy (non-hydrogen) atoms. The van der Waals surface area contributed by atoms with Gasteiger partial charge in [0, 0.05) is 31.3 Å². The third-order valence-corrected chi connectivity index (χ3v) is 6.24. The standard InChI is InChI=1S/C27H30F3N5O3/c1-18-7-4-10-22-24(18)35(21-16-34(13-14-38-17-21)23(36)11-6-12-33(2)3)26(31-22)32-25(37)19-8-5-9-20(15-19)27(28,29)30/h4-11,15,21H,12-14,16-17H2,1-3H3,(H,31,32,37)/b11-6+/t21-/m0/s1. The molecule has 8 nitrogen and oxygen atoms in total. The van der Waals surface area contributed by atoms with E-state index in [9.17, 15) is 22.8 Å². The van der Waals surface area contributed by atoms with Crippen LogP contribution in [0.2, 0.25) is 0 Å². The molecule has 202 valence electrons. The number of fused-ring (bicyclic) bond motifs is 1. The number of aromatic nitrogens is 2. The maximum atomic E-state index is 13.2. The highest BCUT2D eigenvalue weighted by Crippen LogP contribution is 2.31. The summed E-state index contributed by atoms with van der Waals surface area (Å²) < 4.78 is 47.3. The predicted octanol–water partition coefficient (Wildman–Crippen LogP) is 4.13. The number of alkyl halides is 3. The van der Waals surface area contributed by atoms with Crippen molar-refractivity contribution in [2.75, 3.05) is 52.3 Å². The molecule has 4 rings (SSSR count). The van der Waals surface area contributed by atoms with Crippen molar-refractivity contribution in [3.8, 4) is 0 Å². The van der Waals surface area contributed by atoms with E-state index in [0.29, 0.717) is 31.8 Å². The van der Waals surface area contributed by atoms with Crippen LogP contribution in [0.5, 0.6) is 0 Å².